The minimum absolute atomic E-state index is 0.0305. The number of sulfone groups is 1. The number of ketones is 1. The molecule has 3 rings (SSSR count). The van der Waals surface area contributed by atoms with Gasteiger partial charge in [-0.2, -0.15) is 0 Å². The predicted octanol–water partition coefficient (Wildman–Crippen LogP) is 4.03. The molecular weight excluding hydrogens is 334 g/mol. The maximum absolute atomic E-state index is 12.4. The van der Waals surface area contributed by atoms with E-state index in [1.54, 1.807) is 24.3 Å². The van der Waals surface area contributed by atoms with Gasteiger partial charge in [-0.25, -0.2) is 8.42 Å². The molecule has 0 heterocycles. The molecule has 0 spiro atoms. The normalized spacial score (nSPS) is 11.4. The highest BCUT2D eigenvalue weighted by Crippen LogP contribution is 2.18. The van der Waals surface area contributed by atoms with Gasteiger partial charge in [-0.05, 0) is 35.4 Å². The first-order valence-corrected chi connectivity index (χ1v) is 9.78. The van der Waals surface area contributed by atoms with Gasteiger partial charge in [0.1, 0.15) is 5.88 Å². The van der Waals surface area contributed by atoms with Gasteiger partial charge < -0.3 is 5.32 Å². The summed E-state index contributed by atoms with van der Waals surface area (Å²) in [5.74, 6) is -0.263. The Kier molecular flexibility index (Phi) is 4.86. The van der Waals surface area contributed by atoms with Crippen molar-refractivity contribution in [3.63, 3.8) is 0 Å². The summed E-state index contributed by atoms with van der Waals surface area (Å²) in [4.78, 5) is 11.4. The fourth-order valence-corrected chi connectivity index (χ4v) is 3.85. The second kappa shape index (κ2) is 7.07. The first-order chi connectivity index (χ1) is 11.9. The van der Waals surface area contributed by atoms with Gasteiger partial charge in [0.25, 0.3) is 0 Å². The van der Waals surface area contributed by atoms with Gasteiger partial charge in [0, 0.05) is 11.3 Å². The fourth-order valence-electron chi connectivity index (χ4n) is 2.67. The van der Waals surface area contributed by atoms with Crippen molar-refractivity contribution >= 4 is 32.1 Å². The van der Waals surface area contributed by atoms with E-state index in [0.717, 1.165) is 16.3 Å². The summed E-state index contributed by atoms with van der Waals surface area (Å²) in [5.41, 5.74) is 1.93. The number of hydrogen-bond donors (Lipinski definition) is 1. The van der Waals surface area contributed by atoms with Gasteiger partial charge in [0.2, 0.25) is 0 Å². The van der Waals surface area contributed by atoms with Crippen molar-refractivity contribution in [2.24, 2.45) is 0 Å². The molecule has 0 aromatic heterocycles. The third kappa shape index (κ3) is 4.45. The molecule has 0 bridgehead atoms. The lowest BCUT2D eigenvalue weighted by atomic mass is 10.1. The third-order valence-electron chi connectivity index (χ3n) is 3.97. The van der Waals surface area contributed by atoms with Crippen LogP contribution in [-0.2, 0) is 15.6 Å². The summed E-state index contributed by atoms with van der Waals surface area (Å²) in [7, 11) is -3.33. The summed E-state index contributed by atoms with van der Waals surface area (Å²) in [6.45, 7) is 1.48. The van der Waals surface area contributed by atoms with Crippen molar-refractivity contribution in [3.05, 3.63) is 77.9 Å². The Morgan fingerprint density at radius 3 is 2.44 bits per heavy atom. The zero-order valence-corrected chi connectivity index (χ0v) is 14.7. The maximum atomic E-state index is 12.4. The highest BCUT2D eigenvalue weighted by Gasteiger charge is 2.12. The summed E-state index contributed by atoms with van der Waals surface area (Å²) < 4.78 is 24.8. The number of rotatable bonds is 6. The number of benzene rings is 3. The standard InChI is InChI=1S/C20H19NO3S/c1-15(22)18-7-4-8-20(12-18)21-14-25(23,24)13-16-9-10-17-5-2-3-6-19(17)11-16/h2-12,21H,13-14H2,1H3. The predicted molar refractivity (Wildman–Crippen MR) is 102 cm³/mol. The Bertz CT molecular complexity index is 1030. The minimum Gasteiger partial charge on any atom is -0.372 e. The largest absolute Gasteiger partial charge is 0.372 e. The van der Waals surface area contributed by atoms with E-state index in [2.05, 4.69) is 5.32 Å². The molecule has 3 aromatic carbocycles. The summed E-state index contributed by atoms with van der Waals surface area (Å²) in [6.07, 6.45) is 0. The molecule has 3 aromatic rings. The van der Waals surface area contributed by atoms with Crippen molar-refractivity contribution < 1.29 is 13.2 Å². The van der Waals surface area contributed by atoms with E-state index in [-0.39, 0.29) is 17.4 Å². The summed E-state index contributed by atoms with van der Waals surface area (Å²) in [5, 5.41) is 5.01. The molecule has 0 unspecified atom stereocenters. The van der Waals surface area contributed by atoms with E-state index in [9.17, 15) is 13.2 Å². The lowest BCUT2D eigenvalue weighted by Crippen LogP contribution is -2.16. The Labute approximate surface area is 147 Å². The number of Topliss-reactive ketones (excluding diaryl/α,β-unsaturated/α-hetero) is 1. The highest BCUT2D eigenvalue weighted by molar-refractivity contribution is 7.90. The highest BCUT2D eigenvalue weighted by atomic mass is 32.2. The smallest absolute Gasteiger partial charge is 0.172 e. The minimum atomic E-state index is -3.33. The summed E-state index contributed by atoms with van der Waals surface area (Å²) in [6, 6.07) is 20.4. The van der Waals surface area contributed by atoms with E-state index in [1.807, 2.05) is 42.5 Å². The van der Waals surface area contributed by atoms with Gasteiger partial charge in [-0.1, -0.05) is 54.6 Å². The zero-order chi connectivity index (χ0) is 17.9. The van der Waals surface area contributed by atoms with Crippen molar-refractivity contribution in [2.45, 2.75) is 12.7 Å². The number of anilines is 1. The van der Waals surface area contributed by atoms with E-state index < -0.39 is 9.84 Å². The van der Waals surface area contributed by atoms with Gasteiger partial charge in [0.05, 0.1) is 5.75 Å². The molecule has 0 aliphatic rings. The quantitative estimate of drug-likeness (QED) is 0.680. The van der Waals surface area contributed by atoms with Crippen LogP contribution in [0.15, 0.2) is 66.7 Å². The Morgan fingerprint density at radius 1 is 0.920 bits per heavy atom. The zero-order valence-electron chi connectivity index (χ0n) is 13.9. The average Bonchev–Trinajstić information content (AvgIpc) is 2.60. The van der Waals surface area contributed by atoms with Crippen LogP contribution >= 0.6 is 0 Å². The molecule has 0 fully saturated rings. The van der Waals surface area contributed by atoms with Gasteiger partial charge >= 0.3 is 0 Å². The van der Waals surface area contributed by atoms with Crippen LogP contribution in [0, 0.1) is 0 Å². The lowest BCUT2D eigenvalue weighted by Gasteiger charge is -2.09. The van der Waals surface area contributed by atoms with Crippen LogP contribution in [0.4, 0.5) is 5.69 Å². The Hall–Kier alpha value is -2.66. The number of hydrogen-bond acceptors (Lipinski definition) is 4. The molecule has 0 saturated carbocycles. The molecule has 0 amide bonds. The van der Waals surface area contributed by atoms with Crippen LogP contribution in [0.3, 0.4) is 0 Å². The van der Waals surface area contributed by atoms with Crippen LogP contribution in [-0.4, -0.2) is 20.1 Å². The van der Waals surface area contributed by atoms with Gasteiger partial charge in [-0.15, -0.1) is 0 Å². The monoisotopic (exact) mass is 353 g/mol. The van der Waals surface area contributed by atoms with Crippen LogP contribution in [0.1, 0.15) is 22.8 Å². The molecule has 0 aliphatic heterocycles. The summed E-state index contributed by atoms with van der Waals surface area (Å²) >= 11 is 0. The number of nitrogens with one attached hydrogen (secondary N) is 1. The molecule has 128 valence electrons. The second-order valence-electron chi connectivity index (χ2n) is 6.03. The van der Waals surface area contributed by atoms with E-state index in [4.69, 9.17) is 0 Å². The fraction of sp³-hybridized carbons (Fsp3) is 0.150. The molecule has 1 N–H and O–H groups in total. The molecule has 0 radical (unpaired) electrons. The first kappa shape index (κ1) is 17.2. The molecule has 25 heavy (non-hydrogen) atoms. The number of carbonyl (C=O) groups is 1. The maximum Gasteiger partial charge on any atom is 0.172 e. The lowest BCUT2D eigenvalue weighted by molar-refractivity contribution is 0.101. The number of fused-ring (bicyclic) bond motifs is 1. The molecule has 0 saturated heterocycles. The van der Waals surface area contributed by atoms with Crippen molar-refractivity contribution in [3.8, 4) is 0 Å². The second-order valence-corrected chi connectivity index (χ2v) is 8.09. The van der Waals surface area contributed by atoms with Gasteiger partial charge in [0.15, 0.2) is 15.6 Å². The van der Waals surface area contributed by atoms with Crippen LogP contribution in [0.25, 0.3) is 10.8 Å². The number of carbonyl (C=O) groups excluding carboxylic acids is 1. The average molecular weight is 353 g/mol. The van der Waals surface area contributed by atoms with E-state index >= 15 is 0 Å². The Morgan fingerprint density at radius 2 is 1.68 bits per heavy atom. The molecule has 0 atom stereocenters. The Balaban J connectivity index is 1.71. The molecule has 5 heteroatoms. The van der Waals surface area contributed by atoms with Gasteiger partial charge in [-0.3, -0.25) is 4.79 Å². The molecular formula is C20H19NO3S. The van der Waals surface area contributed by atoms with Crippen molar-refractivity contribution in [2.75, 3.05) is 11.2 Å². The molecule has 0 aliphatic carbocycles. The third-order valence-corrected chi connectivity index (χ3v) is 5.32. The van der Waals surface area contributed by atoms with Crippen molar-refractivity contribution in [1.29, 1.82) is 0 Å². The molecule has 4 nitrogen and oxygen atoms in total. The van der Waals surface area contributed by atoms with Crippen LogP contribution in [0.2, 0.25) is 0 Å². The van der Waals surface area contributed by atoms with Crippen LogP contribution < -0.4 is 5.32 Å². The van der Waals surface area contributed by atoms with E-state index in [0.29, 0.717) is 11.3 Å². The topological polar surface area (TPSA) is 63.2 Å². The van der Waals surface area contributed by atoms with E-state index in [1.165, 1.54) is 6.92 Å². The SMILES string of the molecule is CC(=O)c1cccc(NCS(=O)(=O)Cc2ccc3ccccc3c2)c1. The van der Waals surface area contributed by atoms with Crippen molar-refractivity contribution in [1.82, 2.24) is 0 Å². The first-order valence-electron chi connectivity index (χ1n) is 7.96. The van der Waals surface area contributed by atoms with Crippen LogP contribution in [0.5, 0.6) is 0 Å².